The van der Waals surface area contributed by atoms with E-state index in [0.29, 0.717) is 12.5 Å². The molecule has 2 rings (SSSR count). The van der Waals surface area contributed by atoms with Gasteiger partial charge in [0, 0.05) is 24.2 Å². The standard InChI is InChI=1S/C15H22BrNO2/c16-14-4-1-5-15(11-14)19-10-8-17-7-2-3-13(12-17)6-9-18/h1,4-5,11,13,18H,2-3,6-10,12H2. The maximum Gasteiger partial charge on any atom is 0.120 e. The van der Waals surface area contributed by atoms with Crippen LogP contribution >= 0.6 is 15.9 Å². The first-order valence-corrected chi connectivity index (χ1v) is 7.79. The fraction of sp³-hybridized carbons (Fsp3) is 0.600. The molecule has 1 aromatic carbocycles. The monoisotopic (exact) mass is 327 g/mol. The first-order valence-electron chi connectivity index (χ1n) is 6.99. The fourth-order valence-corrected chi connectivity index (χ4v) is 3.00. The molecular formula is C15H22BrNO2. The molecule has 1 atom stereocenters. The third-order valence-corrected chi connectivity index (χ3v) is 4.11. The minimum absolute atomic E-state index is 0.313. The van der Waals surface area contributed by atoms with E-state index in [0.717, 1.165) is 42.9 Å². The topological polar surface area (TPSA) is 32.7 Å². The molecule has 3 nitrogen and oxygen atoms in total. The molecule has 1 N–H and O–H groups in total. The number of aliphatic hydroxyl groups excluding tert-OH is 1. The zero-order valence-electron chi connectivity index (χ0n) is 11.2. The predicted molar refractivity (Wildman–Crippen MR) is 80.5 cm³/mol. The van der Waals surface area contributed by atoms with Crippen molar-refractivity contribution in [1.82, 2.24) is 4.90 Å². The smallest absolute Gasteiger partial charge is 0.120 e. The van der Waals surface area contributed by atoms with Crippen molar-refractivity contribution in [1.29, 1.82) is 0 Å². The highest BCUT2D eigenvalue weighted by atomic mass is 79.9. The Kier molecular flexibility index (Phi) is 6.14. The lowest BCUT2D eigenvalue weighted by atomic mass is 9.95. The Morgan fingerprint density at radius 1 is 1.42 bits per heavy atom. The molecule has 1 unspecified atom stereocenters. The Balaban J connectivity index is 1.70. The van der Waals surface area contributed by atoms with E-state index < -0.39 is 0 Å². The van der Waals surface area contributed by atoms with E-state index >= 15 is 0 Å². The Bertz CT molecular complexity index is 384. The Morgan fingerprint density at radius 3 is 3.11 bits per heavy atom. The van der Waals surface area contributed by atoms with Crippen molar-refractivity contribution in [2.75, 3.05) is 32.8 Å². The van der Waals surface area contributed by atoms with Crippen molar-refractivity contribution < 1.29 is 9.84 Å². The van der Waals surface area contributed by atoms with Crippen molar-refractivity contribution >= 4 is 15.9 Å². The molecule has 0 saturated carbocycles. The Morgan fingerprint density at radius 2 is 2.32 bits per heavy atom. The number of piperidine rings is 1. The third-order valence-electron chi connectivity index (χ3n) is 3.61. The fourth-order valence-electron chi connectivity index (χ4n) is 2.62. The summed E-state index contributed by atoms with van der Waals surface area (Å²) < 4.78 is 6.81. The van der Waals surface area contributed by atoms with E-state index in [1.807, 2.05) is 24.3 Å². The number of benzene rings is 1. The highest BCUT2D eigenvalue weighted by Gasteiger charge is 2.18. The molecule has 1 fully saturated rings. The van der Waals surface area contributed by atoms with E-state index in [4.69, 9.17) is 9.84 Å². The van der Waals surface area contributed by atoms with Gasteiger partial charge in [-0.15, -0.1) is 0 Å². The Hall–Kier alpha value is -0.580. The van der Waals surface area contributed by atoms with Crippen LogP contribution in [0.2, 0.25) is 0 Å². The number of rotatable bonds is 6. The summed E-state index contributed by atoms with van der Waals surface area (Å²) in [6.45, 7) is 4.26. The molecule has 1 aliphatic rings. The maximum absolute atomic E-state index is 9.01. The van der Waals surface area contributed by atoms with Crippen LogP contribution in [-0.2, 0) is 0 Å². The summed E-state index contributed by atoms with van der Waals surface area (Å²) in [6.07, 6.45) is 3.42. The van der Waals surface area contributed by atoms with Gasteiger partial charge in [-0.2, -0.15) is 0 Å². The van der Waals surface area contributed by atoms with Crippen LogP contribution in [0.25, 0.3) is 0 Å². The highest BCUT2D eigenvalue weighted by molar-refractivity contribution is 9.10. The van der Waals surface area contributed by atoms with Crippen molar-refractivity contribution in [2.24, 2.45) is 5.92 Å². The lowest BCUT2D eigenvalue weighted by molar-refractivity contribution is 0.129. The van der Waals surface area contributed by atoms with Gasteiger partial charge in [0.2, 0.25) is 0 Å². The lowest BCUT2D eigenvalue weighted by Gasteiger charge is -2.32. The lowest BCUT2D eigenvalue weighted by Crippen LogP contribution is -2.38. The van der Waals surface area contributed by atoms with E-state index in [-0.39, 0.29) is 0 Å². The number of hydrogen-bond donors (Lipinski definition) is 1. The molecule has 1 aliphatic heterocycles. The quantitative estimate of drug-likeness (QED) is 0.872. The summed E-state index contributed by atoms with van der Waals surface area (Å²) in [4.78, 5) is 2.45. The summed E-state index contributed by atoms with van der Waals surface area (Å²) in [5.74, 6) is 1.57. The van der Waals surface area contributed by atoms with Crippen LogP contribution in [-0.4, -0.2) is 42.9 Å². The Labute approximate surface area is 123 Å². The second-order valence-electron chi connectivity index (χ2n) is 5.13. The summed E-state index contributed by atoms with van der Waals surface area (Å²) >= 11 is 3.44. The van der Waals surface area contributed by atoms with Gasteiger partial charge in [-0.05, 0) is 49.9 Å². The molecular weight excluding hydrogens is 306 g/mol. The molecule has 1 aromatic rings. The molecule has 0 bridgehead atoms. The van der Waals surface area contributed by atoms with Gasteiger partial charge in [0.15, 0.2) is 0 Å². The molecule has 0 amide bonds. The van der Waals surface area contributed by atoms with Crippen LogP contribution in [0.4, 0.5) is 0 Å². The summed E-state index contributed by atoms with van der Waals surface area (Å²) in [5, 5.41) is 9.01. The van der Waals surface area contributed by atoms with Gasteiger partial charge in [-0.25, -0.2) is 0 Å². The molecule has 0 spiro atoms. The minimum Gasteiger partial charge on any atom is -0.492 e. The largest absolute Gasteiger partial charge is 0.492 e. The van der Waals surface area contributed by atoms with Crippen LogP contribution in [0.1, 0.15) is 19.3 Å². The van der Waals surface area contributed by atoms with Crippen LogP contribution in [0.3, 0.4) is 0 Å². The third kappa shape index (κ3) is 5.13. The zero-order valence-corrected chi connectivity index (χ0v) is 12.8. The van der Waals surface area contributed by atoms with Crippen molar-refractivity contribution in [3.05, 3.63) is 28.7 Å². The minimum atomic E-state index is 0.313. The van der Waals surface area contributed by atoms with Crippen LogP contribution in [0.15, 0.2) is 28.7 Å². The highest BCUT2D eigenvalue weighted by Crippen LogP contribution is 2.20. The van der Waals surface area contributed by atoms with Crippen LogP contribution in [0, 0.1) is 5.92 Å². The van der Waals surface area contributed by atoms with Crippen LogP contribution < -0.4 is 4.74 Å². The SMILES string of the molecule is OCCC1CCCN(CCOc2cccc(Br)c2)C1. The number of likely N-dealkylation sites (tertiary alicyclic amines) is 1. The average molecular weight is 328 g/mol. The van der Waals surface area contributed by atoms with Gasteiger partial charge >= 0.3 is 0 Å². The van der Waals surface area contributed by atoms with Gasteiger partial charge in [0.1, 0.15) is 12.4 Å². The normalized spacial score (nSPS) is 20.4. The van der Waals surface area contributed by atoms with E-state index in [9.17, 15) is 0 Å². The second kappa shape index (κ2) is 7.88. The molecule has 1 saturated heterocycles. The molecule has 0 radical (unpaired) electrons. The van der Waals surface area contributed by atoms with Gasteiger partial charge in [-0.1, -0.05) is 22.0 Å². The zero-order chi connectivity index (χ0) is 13.5. The number of ether oxygens (including phenoxy) is 1. The van der Waals surface area contributed by atoms with Gasteiger partial charge in [-0.3, -0.25) is 4.90 Å². The first-order chi connectivity index (χ1) is 9.28. The van der Waals surface area contributed by atoms with Crippen molar-refractivity contribution in [3.8, 4) is 5.75 Å². The van der Waals surface area contributed by atoms with Crippen molar-refractivity contribution in [2.45, 2.75) is 19.3 Å². The molecule has 0 aromatic heterocycles. The summed E-state index contributed by atoms with van der Waals surface area (Å²) in [5.41, 5.74) is 0. The number of hydrogen-bond acceptors (Lipinski definition) is 3. The van der Waals surface area contributed by atoms with Gasteiger partial charge in [0.25, 0.3) is 0 Å². The second-order valence-corrected chi connectivity index (χ2v) is 6.04. The summed E-state index contributed by atoms with van der Waals surface area (Å²) in [7, 11) is 0. The number of halogens is 1. The van der Waals surface area contributed by atoms with Crippen molar-refractivity contribution in [3.63, 3.8) is 0 Å². The average Bonchev–Trinajstić information content (AvgIpc) is 2.40. The molecule has 0 aliphatic carbocycles. The predicted octanol–water partition coefficient (Wildman–Crippen LogP) is 2.92. The van der Waals surface area contributed by atoms with E-state index in [1.54, 1.807) is 0 Å². The van der Waals surface area contributed by atoms with E-state index in [1.165, 1.54) is 12.8 Å². The molecule has 1 heterocycles. The first kappa shape index (κ1) is 14.8. The van der Waals surface area contributed by atoms with Crippen LogP contribution in [0.5, 0.6) is 5.75 Å². The number of nitrogens with zero attached hydrogens (tertiary/aromatic N) is 1. The maximum atomic E-state index is 9.01. The molecule has 19 heavy (non-hydrogen) atoms. The van der Waals surface area contributed by atoms with Gasteiger partial charge < -0.3 is 9.84 Å². The number of aliphatic hydroxyl groups is 1. The molecule has 4 heteroatoms. The molecule has 106 valence electrons. The summed E-state index contributed by atoms with van der Waals surface area (Å²) in [6, 6.07) is 7.95. The van der Waals surface area contributed by atoms with Gasteiger partial charge in [0.05, 0.1) is 0 Å². The van der Waals surface area contributed by atoms with E-state index in [2.05, 4.69) is 20.8 Å².